The zero-order chi connectivity index (χ0) is 17.7. The molecule has 0 aromatic heterocycles. The van der Waals surface area contributed by atoms with Crippen LogP contribution in [0.25, 0.3) is 0 Å². The van der Waals surface area contributed by atoms with Crippen LogP contribution in [0.2, 0.25) is 0 Å². The zero-order valence-electron chi connectivity index (χ0n) is 14.4. The Balaban J connectivity index is 2.09. The Kier molecular flexibility index (Phi) is 6.06. The van der Waals surface area contributed by atoms with Crippen molar-refractivity contribution in [3.05, 3.63) is 23.8 Å². The van der Waals surface area contributed by atoms with Crippen LogP contribution >= 0.6 is 0 Å². The number of methoxy groups -OCH3 is 2. The first-order valence-electron chi connectivity index (χ1n) is 8.23. The molecule has 1 amide bonds. The van der Waals surface area contributed by atoms with Crippen LogP contribution in [0.1, 0.15) is 44.2 Å². The zero-order valence-corrected chi connectivity index (χ0v) is 14.4. The smallest absolute Gasteiger partial charge is 0.307 e. The highest BCUT2D eigenvalue weighted by atomic mass is 16.5. The molecular formula is C18H25NO5. The quantitative estimate of drug-likeness (QED) is 0.835. The van der Waals surface area contributed by atoms with Gasteiger partial charge in [-0.15, -0.1) is 0 Å². The minimum Gasteiger partial charge on any atom is -0.493 e. The first-order valence-corrected chi connectivity index (χ1v) is 8.23. The first kappa shape index (κ1) is 18.1. The van der Waals surface area contributed by atoms with E-state index in [1.807, 2.05) is 19.1 Å². The third-order valence-corrected chi connectivity index (χ3v) is 4.69. The third kappa shape index (κ3) is 3.99. The molecule has 0 spiro atoms. The summed E-state index contributed by atoms with van der Waals surface area (Å²) in [5.41, 5.74) is 0.878. The molecule has 1 aromatic carbocycles. The number of carbonyl (C=O) groups is 2. The number of benzene rings is 1. The second-order valence-corrected chi connectivity index (χ2v) is 6.18. The Morgan fingerprint density at radius 3 is 2.33 bits per heavy atom. The number of hydrogen-bond acceptors (Lipinski definition) is 4. The Bertz CT molecular complexity index is 601. The van der Waals surface area contributed by atoms with Crippen LogP contribution in [0.15, 0.2) is 18.2 Å². The lowest BCUT2D eigenvalue weighted by Crippen LogP contribution is -2.40. The largest absolute Gasteiger partial charge is 0.493 e. The Morgan fingerprint density at radius 2 is 1.75 bits per heavy atom. The van der Waals surface area contributed by atoms with E-state index >= 15 is 0 Å². The Labute approximate surface area is 142 Å². The molecule has 1 aromatic rings. The number of ether oxygens (including phenoxy) is 2. The van der Waals surface area contributed by atoms with E-state index in [-0.39, 0.29) is 11.9 Å². The summed E-state index contributed by atoms with van der Waals surface area (Å²) in [4.78, 5) is 23.9. The molecule has 1 fully saturated rings. The lowest BCUT2D eigenvalue weighted by atomic mass is 9.78. The van der Waals surface area contributed by atoms with E-state index in [2.05, 4.69) is 5.32 Å². The van der Waals surface area contributed by atoms with Gasteiger partial charge in [0, 0.05) is 0 Å². The van der Waals surface area contributed by atoms with E-state index in [1.165, 1.54) is 0 Å². The average molecular weight is 335 g/mol. The summed E-state index contributed by atoms with van der Waals surface area (Å²) in [5.74, 6) is -0.900. The van der Waals surface area contributed by atoms with E-state index in [9.17, 15) is 14.7 Å². The van der Waals surface area contributed by atoms with Crippen LogP contribution in [-0.2, 0) is 9.59 Å². The molecular weight excluding hydrogens is 310 g/mol. The topological polar surface area (TPSA) is 84.9 Å². The molecule has 0 radical (unpaired) electrons. The van der Waals surface area contributed by atoms with E-state index < -0.39 is 17.8 Å². The summed E-state index contributed by atoms with van der Waals surface area (Å²) in [6, 6.07) is 5.23. The molecule has 0 aliphatic heterocycles. The Morgan fingerprint density at radius 1 is 1.12 bits per heavy atom. The number of hydrogen-bond donors (Lipinski definition) is 2. The lowest BCUT2D eigenvalue weighted by molar-refractivity contribution is -0.149. The summed E-state index contributed by atoms with van der Waals surface area (Å²) in [6.45, 7) is 1.87. The molecule has 0 heterocycles. The standard InChI is InChI=1S/C18H25NO5/c1-11(12-8-9-15(23-2)16(10-12)24-3)19-17(20)13-6-4-5-7-14(13)18(21)22/h8-11,13-14H,4-7H2,1-3H3,(H,19,20)(H,21,22)/t11-,13+,14+/m0/s1. The second kappa shape index (κ2) is 8.04. The summed E-state index contributed by atoms with van der Waals surface area (Å²) < 4.78 is 10.5. The van der Waals surface area contributed by atoms with Crippen molar-refractivity contribution in [1.82, 2.24) is 5.32 Å². The highest BCUT2D eigenvalue weighted by molar-refractivity contribution is 5.85. The lowest BCUT2D eigenvalue weighted by Gasteiger charge is -2.29. The second-order valence-electron chi connectivity index (χ2n) is 6.18. The maximum absolute atomic E-state index is 12.5. The number of carboxylic acid groups (broad SMARTS) is 1. The highest BCUT2D eigenvalue weighted by Gasteiger charge is 2.36. The maximum Gasteiger partial charge on any atom is 0.307 e. The first-order chi connectivity index (χ1) is 11.5. The van der Waals surface area contributed by atoms with Gasteiger partial charge in [-0.1, -0.05) is 18.9 Å². The maximum atomic E-state index is 12.5. The normalized spacial score (nSPS) is 21.6. The van der Waals surface area contributed by atoms with Gasteiger partial charge in [0.15, 0.2) is 11.5 Å². The third-order valence-electron chi connectivity index (χ3n) is 4.69. The van der Waals surface area contributed by atoms with Crippen LogP contribution in [0.3, 0.4) is 0 Å². The molecule has 1 saturated carbocycles. The molecule has 1 aliphatic carbocycles. The predicted molar refractivity (Wildman–Crippen MR) is 89.2 cm³/mol. The van der Waals surface area contributed by atoms with Crippen LogP contribution < -0.4 is 14.8 Å². The van der Waals surface area contributed by atoms with Gasteiger partial charge in [0.25, 0.3) is 0 Å². The fourth-order valence-corrected chi connectivity index (χ4v) is 3.27. The molecule has 24 heavy (non-hydrogen) atoms. The minimum absolute atomic E-state index is 0.190. The minimum atomic E-state index is -0.881. The fraction of sp³-hybridized carbons (Fsp3) is 0.556. The van der Waals surface area contributed by atoms with Gasteiger partial charge in [-0.05, 0) is 37.5 Å². The van der Waals surface area contributed by atoms with Crippen LogP contribution in [0, 0.1) is 11.8 Å². The summed E-state index contributed by atoms with van der Waals surface area (Å²) in [6.07, 6.45) is 2.96. The van der Waals surface area contributed by atoms with Gasteiger partial charge in [0.05, 0.1) is 32.1 Å². The van der Waals surface area contributed by atoms with Crippen molar-refractivity contribution < 1.29 is 24.2 Å². The van der Waals surface area contributed by atoms with Gasteiger partial charge in [0.1, 0.15) is 0 Å². The van der Waals surface area contributed by atoms with Gasteiger partial charge in [-0.25, -0.2) is 0 Å². The predicted octanol–water partition coefficient (Wildman–Crippen LogP) is 2.77. The van der Waals surface area contributed by atoms with Gasteiger partial charge < -0.3 is 19.9 Å². The molecule has 6 heteroatoms. The molecule has 3 atom stereocenters. The summed E-state index contributed by atoms with van der Waals surface area (Å²) in [7, 11) is 3.13. The summed E-state index contributed by atoms with van der Waals surface area (Å²) >= 11 is 0. The van der Waals surface area contributed by atoms with E-state index in [0.29, 0.717) is 24.3 Å². The van der Waals surface area contributed by atoms with Gasteiger partial charge in [-0.2, -0.15) is 0 Å². The van der Waals surface area contributed by atoms with Crippen LogP contribution in [0.5, 0.6) is 11.5 Å². The number of amides is 1. The molecule has 1 aliphatic rings. The van der Waals surface area contributed by atoms with Crippen molar-refractivity contribution >= 4 is 11.9 Å². The molecule has 132 valence electrons. The van der Waals surface area contributed by atoms with E-state index in [0.717, 1.165) is 18.4 Å². The molecule has 0 unspecified atom stereocenters. The SMILES string of the molecule is COc1ccc([C@H](C)NC(=O)[C@@H]2CCCC[C@H]2C(=O)O)cc1OC. The van der Waals surface area contributed by atoms with Crippen molar-refractivity contribution in [2.45, 2.75) is 38.6 Å². The highest BCUT2D eigenvalue weighted by Crippen LogP contribution is 2.32. The molecule has 2 rings (SSSR count). The van der Waals surface area contributed by atoms with Crippen LogP contribution in [0.4, 0.5) is 0 Å². The van der Waals surface area contributed by atoms with Crippen LogP contribution in [-0.4, -0.2) is 31.2 Å². The van der Waals surface area contributed by atoms with Crippen molar-refractivity contribution in [3.63, 3.8) is 0 Å². The fourth-order valence-electron chi connectivity index (χ4n) is 3.27. The number of carbonyl (C=O) groups excluding carboxylic acids is 1. The molecule has 0 bridgehead atoms. The van der Waals surface area contributed by atoms with Crippen molar-refractivity contribution in [2.24, 2.45) is 11.8 Å². The van der Waals surface area contributed by atoms with E-state index in [4.69, 9.17) is 9.47 Å². The molecule has 6 nitrogen and oxygen atoms in total. The number of aliphatic carboxylic acids is 1. The summed E-state index contributed by atoms with van der Waals surface area (Å²) in [5, 5.41) is 12.3. The number of carboxylic acids is 1. The molecule has 2 N–H and O–H groups in total. The van der Waals surface area contributed by atoms with Gasteiger partial charge in [0.2, 0.25) is 5.91 Å². The monoisotopic (exact) mass is 335 g/mol. The molecule has 0 saturated heterocycles. The number of nitrogens with one attached hydrogen (secondary N) is 1. The van der Waals surface area contributed by atoms with Crippen molar-refractivity contribution in [1.29, 1.82) is 0 Å². The van der Waals surface area contributed by atoms with Crippen molar-refractivity contribution in [2.75, 3.05) is 14.2 Å². The van der Waals surface area contributed by atoms with Gasteiger partial charge in [-0.3, -0.25) is 9.59 Å². The van der Waals surface area contributed by atoms with Crippen molar-refractivity contribution in [3.8, 4) is 11.5 Å². The van der Waals surface area contributed by atoms with E-state index in [1.54, 1.807) is 20.3 Å². The Hall–Kier alpha value is -2.24. The average Bonchev–Trinajstić information content (AvgIpc) is 2.60. The number of rotatable bonds is 6. The van der Waals surface area contributed by atoms with Gasteiger partial charge >= 0.3 is 5.97 Å².